The van der Waals surface area contributed by atoms with Crippen LogP contribution in [0.3, 0.4) is 0 Å². The zero-order valence-electron chi connectivity index (χ0n) is 16.4. The molecule has 0 atom stereocenters. The first-order chi connectivity index (χ1) is 13.2. The van der Waals surface area contributed by atoms with Crippen molar-refractivity contribution >= 4 is 23.1 Å². The van der Waals surface area contributed by atoms with Crippen LogP contribution in [0.2, 0.25) is 0 Å². The van der Waals surface area contributed by atoms with E-state index in [1.165, 1.54) is 36.1 Å². The molecule has 2 N–H and O–H groups in total. The van der Waals surface area contributed by atoms with E-state index in [1.807, 2.05) is 12.4 Å². The highest BCUT2D eigenvalue weighted by Gasteiger charge is 2.11. The number of pyridine rings is 1. The summed E-state index contributed by atoms with van der Waals surface area (Å²) in [5, 5.41) is 7.92. The zero-order valence-corrected chi connectivity index (χ0v) is 17.2. The number of nitrogens with zero attached hydrogens (tertiary/aromatic N) is 4. The van der Waals surface area contributed by atoms with E-state index in [4.69, 9.17) is 0 Å². The smallest absolute Gasteiger partial charge is 0.191 e. The Bertz CT molecular complexity index is 734. The first-order valence-corrected chi connectivity index (χ1v) is 10.6. The average molecular weight is 387 g/mol. The highest BCUT2D eigenvalue weighted by atomic mass is 32.1. The summed E-state index contributed by atoms with van der Waals surface area (Å²) in [5.74, 6) is 1.91. The van der Waals surface area contributed by atoms with E-state index in [1.54, 1.807) is 18.4 Å². The van der Waals surface area contributed by atoms with Gasteiger partial charge in [-0.15, -0.1) is 11.3 Å². The predicted octanol–water partition coefficient (Wildman–Crippen LogP) is 3.13. The van der Waals surface area contributed by atoms with Crippen molar-refractivity contribution in [3.05, 3.63) is 40.0 Å². The SMILES string of the molecule is CN=C(NCCc1ncc(C)s1)NCc1ccnc(N2CCCCCC2)c1. The number of rotatable bonds is 6. The van der Waals surface area contributed by atoms with Gasteiger partial charge >= 0.3 is 0 Å². The largest absolute Gasteiger partial charge is 0.357 e. The van der Waals surface area contributed by atoms with Gasteiger partial charge < -0.3 is 15.5 Å². The second kappa shape index (κ2) is 10.3. The van der Waals surface area contributed by atoms with Crippen molar-refractivity contribution < 1.29 is 0 Å². The van der Waals surface area contributed by atoms with Gasteiger partial charge in [0.2, 0.25) is 0 Å². The van der Waals surface area contributed by atoms with Crippen molar-refractivity contribution in [1.82, 2.24) is 20.6 Å². The fraction of sp³-hybridized carbons (Fsp3) is 0.550. The van der Waals surface area contributed by atoms with Crippen LogP contribution in [0.15, 0.2) is 29.5 Å². The fourth-order valence-corrected chi connectivity index (χ4v) is 4.04. The summed E-state index contributed by atoms with van der Waals surface area (Å²) >= 11 is 1.75. The molecule has 6 nitrogen and oxygen atoms in total. The minimum Gasteiger partial charge on any atom is -0.357 e. The van der Waals surface area contributed by atoms with E-state index in [2.05, 4.69) is 49.6 Å². The maximum atomic E-state index is 4.58. The number of guanidine groups is 1. The van der Waals surface area contributed by atoms with E-state index >= 15 is 0 Å². The lowest BCUT2D eigenvalue weighted by Gasteiger charge is -2.22. The van der Waals surface area contributed by atoms with Gasteiger partial charge in [-0.3, -0.25) is 4.99 Å². The van der Waals surface area contributed by atoms with Crippen molar-refractivity contribution in [3.8, 4) is 0 Å². The molecule has 0 radical (unpaired) electrons. The topological polar surface area (TPSA) is 65.4 Å². The van der Waals surface area contributed by atoms with E-state index in [0.29, 0.717) is 0 Å². The first kappa shape index (κ1) is 19.6. The molecule has 1 aliphatic heterocycles. The van der Waals surface area contributed by atoms with Gasteiger partial charge in [0.15, 0.2) is 5.96 Å². The summed E-state index contributed by atoms with van der Waals surface area (Å²) in [4.78, 5) is 17.0. The molecule has 146 valence electrons. The van der Waals surface area contributed by atoms with Crippen LogP contribution in [0.25, 0.3) is 0 Å². The summed E-state index contributed by atoms with van der Waals surface area (Å²) in [6.07, 6.45) is 9.95. The molecule has 2 aromatic rings. The van der Waals surface area contributed by atoms with Crippen LogP contribution in [0.5, 0.6) is 0 Å². The number of nitrogens with one attached hydrogen (secondary N) is 2. The minimum absolute atomic E-state index is 0.736. The van der Waals surface area contributed by atoms with Gasteiger partial charge in [0.05, 0.1) is 5.01 Å². The minimum atomic E-state index is 0.736. The van der Waals surface area contributed by atoms with Gasteiger partial charge in [-0.05, 0) is 37.5 Å². The Morgan fingerprint density at radius 2 is 2.00 bits per heavy atom. The molecule has 1 saturated heterocycles. The number of hydrogen-bond donors (Lipinski definition) is 2. The summed E-state index contributed by atoms with van der Waals surface area (Å²) in [6, 6.07) is 4.27. The lowest BCUT2D eigenvalue weighted by molar-refractivity contribution is 0.726. The second-order valence-corrected chi connectivity index (χ2v) is 8.21. The number of aromatic nitrogens is 2. The number of thiazole rings is 1. The Kier molecular flexibility index (Phi) is 7.45. The molecule has 1 aliphatic rings. The molecule has 3 heterocycles. The van der Waals surface area contributed by atoms with Crippen LogP contribution in [-0.4, -0.2) is 42.6 Å². The normalized spacial score (nSPS) is 15.5. The molecule has 0 unspecified atom stereocenters. The van der Waals surface area contributed by atoms with Gasteiger partial charge in [-0.2, -0.15) is 0 Å². The van der Waals surface area contributed by atoms with Crippen LogP contribution < -0.4 is 15.5 Å². The summed E-state index contributed by atoms with van der Waals surface area (Å²) in [7, 11) is 1.80. The standard InChI is InChI=1S/C20H30N6S/c1-16-14-24-19(27-16)8-10-23-20(21-2)25-15-17-7-9-22-18(13-17)26-11-5-3-4-6-12-26/h7,9,13-14H,3-6,8,10-12,15H2,1-2H3,(H2,21,23,25). The second-order valence-electron chi connectivity index (χ2n) is 6.89. The van der Waals surface area contributed by atoms with Crippen molar-refractivity contribution in [3.63, 3.8) is 0 Å². The maximum Gasteiger partial charge on any atom is 0.191 e. The highest BCUT2D eigenvalue weighted by molar-refractivity contribution is 7.11. The number of aryl methyl sites for hydroxylation is 1. The Hall–Kier alpha value is -2.15. The van der Waals surface area contributed by atoms with Crippen LogP contribution in [-0.2, 0) is 13.0 Å². The predicted molar refractivity (Wildman–Crippen MR) is 114 cm³/mol. The van der Waals surface area contributed by atoms with E-state index in [-0.39, 0.29) is 0 Å². The third-order valence-electron chi connectivity index (χ3n) is 4.72. The van der Waals surface area contributed by atoms with Gasteiger partial charge in [0.25, 0.3) is 0 Å². The Morgan fingerprint density at radius 3 is 2.70 bits per heavy atom. The maximum absolute atomic E-state index is 4.58. The third-order valence-corrected chi connectivity index (χ3v) is 5.70. The molecule has 0 saturated carbocycles. The van der Waals surface area contributed by atoms with Crippen LogP contribution in [0.4, 0.5) is 5.82 Å². The van der Waals surface area contributed by atoms with E-state index in [9.17, 15) is 0 Å². The van der Waals surface area contributed by atoms with Gasteiger partial charge in [0.1, 0.15) is 5.82 Å². The molecular weight excluding hydrogens is 356 g/mol. The quantitative estimate of drug-likeness (QED) is 0.590. The van der Waals surface area contributed by atoms with Crippen LogP contribution in [0.1, 0.15) is 41.1 Å². The molecule has 0 aromatic carbocycles. The van der Waals surface area contributed by atoms with Gasteiger partial charge in [0, 0.05) is 56.9 Å². The molecule has 0 aliphatic carbocycles. The number of anilines is 1. The Balaban J connectivity index is 1.48. The van der Waals surface area contributed by atoms with Crippen molar-refractivity contribution in [2.24, 2.45) is 4.99 Å². The lowest BCUT2D eigenvalue weighted by Crippen LogP contribution is -2.37. The van der Waals surface area contributed by atoms with Crippen LogP contribution in [0, 0.1) is 6.92 Å². The number of hydrogen-bond acceptors (Lipinski definition) is 5. The molecule has 7 heteroatoms. The Morgan fingerprint density at radius 1 is 1.19 bits per heavy atom. The molecule has 27 heavy (non-hydrogen) atoms. The molecule has 2 aromatic heterocycles. The van der Waals surface area contributed by atoms with E-state index < -0.39 is 0 Å². The van der Waals surface area contributed by atoms with Crippen molar-refractivity contribution in [1.29, 1.82) is 0 Å². The van der Waals surface area contributed by atoms with Crippen molar-refractivity contribution in [2.45, 2.75) is 45.6 Å². The molecular formula is C20H30N6S. The third kappa shape index (κ3) is 6.20. The van der Waals surface area contributed by atoms with Crippen LogP contribution >= 0.6 is 11.3 Å². The first-order valence-electron chi connectivity index (χ1n) is 9.80. The molecule has 3 rings (SSSR count). The molecule has 0 spiro atoms. The van der Waals surface area contributed by atoms with Gasteiger partial charge in [-0.1, -0.05) is 12.8 Å². The summed E-state index contributed by atoms with van der Waals surface area (Å²) < 4.78 is 0. The average Bonchev–Trinajstić information content (AvgIpc) is 2.94. The lowest BCUT2D eigenvalue weighted by atomic mass is 10.2. The van der Waals surface area contributed by atoms with Gasteiger partial charge in [-0.25, -0.2) is 9.97 Å². The monoisotopic (exact) mass is 386 g/mol. The number of aliphatic imine (C=N–C) groups is 1. The molecule has 0 bridgehead atoms. The summed E-state index contributed by atoms with van der Waals surface area (Å²) in [6.45, 7) is 5.87. The summed E-state index contributed by atoms with van der Waals surface area (Å²) in [5.41, 5.74) is 1.22. The zero-order chi connectivity index (χ0) is 18.9. The molecule has 1 fully saturated rings. The van der Waals surface area contributed by atoms with E-state index in [0.717, 1.165) is 49.4 Å². The fourth-order valence-electron chi connectivity index (χ4n) is 3.25. The Labute approximate surface area is 166 Å². The molecule has 0 amide bonds. The highest BCUT2D eigenvalue weighted by Crippen LogP contribution is 2.18. The van der Waals surface area contributed by atoms with Crippen molar-refractivity contribution in [2.75, 3.05) is 31.6 Å².